The first-order valence-corrected chi connectivity index (χ1v) is 7.58. The van der Waals surface area contributed by atoms with Crippen LogP contribution in [0.4, 0.5) is 0 Å². The molecule has 0 saturated carbocycles. The predicted molar refractivity (Wildman–Crippen MR) is 70.7 cm³/mol. The van der Waals surface area contributed by atoms with E-state index in [-0.39, 0.29) is 0 Å². The van der Waals surface area contributed by atoms with Gasteiger partial charge in [-0.15, -0.1) is 0 Å². The second kappa shape index (κ2) is 9.49. The van der Waals surface area contributed by atoms with Crippen LogP contribution in [0.15, 0.2) is 0 Å². The van der Waals surface area contributed by atoms with Gasteiger partial charge in [0.25, 0.3) is 0 Å². The second-order valence-corrected chi connectivity index (χ2v) is 5.57. The Balaban J connectivity index is 1.79. The Hall–Kier alpha value is 0.270. The van der Waals surface area contributed by atoms with E-state index >= 15 is 0 Å². The van der Waals surface area contributed by atoms with Crippen LogP contribution in [0.5, 0.6) is 0 Å². The molecule has 1 rings (SSSR count). The van der Waals surface area contributed by atoms with Gasteiger partial charge in [0.2, 0.25) is 0 Å². The Labute approximate surface area is 99.0 Å². The molecule has 0 amide bonds. The maximum absolute atomic E-state index is 3.52. The minimum Gasteiger partial charge on any atom is -0.315 e. The SMILES string of the molecule is CCCNCCNCCC1CCSCC1. The van der Waals surface area contributed by atoms with Crippen LogP contribution in [0.1, 0.15) is 32.6 Å². The first-order valence-electron chi connectivity index (χ1n) is 6.42. The highest BCUT2D eigenvalue weighted by Gasteiger charge is 2.12. The number of thioether (sulfide) groups is 1. The van der Waals surface area contributed by atoms with Gasteiger partial charge in [-0.05, 0) is 56.2 Å². The molecular formula is C12H26N2S. The number of hydrogen-bond acceptors (Lipinski definition) is 3. The lowest BCUT2D eigenvalue weighted by Crippen LogP contribution is -2.29. The molecule has 3 heteroatoms. The van der Waals surface area contributed by atoms with Gasteiger partial charge >= 0.3 is 0 Å². The molecule has 1 fully saturated rings. The molecule has 0 unspecified atom stereocenters. The third-order valence-corrected chi connectivity index (χ3v) is 4.02. The van der Waals surface area contributed by atoms with Crippen molar-refractivity contribution in [2.24, 2.45) is 5.92 Å². The van der Waals surface area contributed by atoms with Gasteiger partial charge in [0.05, 0.1) is 0 Å². The third kappa shape index (κ3) is 7.20. The Kier molecular flexibility index (Phi) is 8.44. The van der Waals surface area contributed by atoms with Gasteiger partial charge in [0.1, 0.15) is 0 Å². The zero-order valence-corrected chi connectivity index (χ0v) is 10.9. The van der Waals surface area contributed by atoms with Crippen LogP contribution in [-0.4, -0.2) is 37.7 Å². The molecule has 0 aromatic rings. The van der Waals surface area contributed by atoms with Crippen molar-refractivity contribution in [2.75, 3.05) is 37.7 Å². The first-order chi connectivity index (χ1) is 7.43. The molecule has 0 radical (unpaired) electrons. The molecule has 0 atom stereocenters. The minimum absolute atomic E-state index is 1.00. The smallest absolute Gasteiger partial charge is 0.00767 e. The third-order valence-electron chi connectivity index (χ3n) is 2.98. The van der Waals surface area contributed by atoms with Crippen LogP contribution in [0.2, 0.25) is 0 Å². The number of nitrogens with one attached hydrogen (secondary N) is 2. The molecular weight excluding hydrogens is 204 g/mol. The maximum Gasteiger partial charge on any atom is 0.00767 e. The minimum atomic E-state index is 1.00. The summed E-state index contributed by atoms with van der Waals surface area (Å²) in [7, 11) is 0. The molecule has 90 valence electrons. The highest BCUT2D eigenvalue weighted by Crippen LogP contribution is 2.24. The van der Waals surface area contributed by atoms with E-state index in [1.165, 1.54) is 43.7 Å². The summed E-state index contributed by atoms with van der Waals surface area (Å²) in [6.07, 6.45) is 5.51. The van der Waals surface area contributed by atoms with E-state index in [1.54, 1.807) is 0 Å². The maximum atomic E-state index is 3.52. The number of rotatable bonds is 8. The standard InChI is InChI=1S/C12H26N2S/c1-2-6-13-8-9-14-7-3-12-4-10-15-11-5-12/h12-14H,2-11H2,1H3. The summed E-state index contributed by atoms with van der Waals surface area (Å²) in [4.78, 5) is 0. The fourth-order valence-electron chi connectivity index (χ4n) is 1.94. The van der Waals surface area contributed by atoms with E-state index < -0.39 is 0 Å². The van der Waals surface area contributed by atoms with E-state index in [9.17, 15) is 0 Å². The monoisotopic (exact) mass is 230 g/mol. The fraction of sp³-hybridized carbons (Fsp3) is 1.00. The van der Waals surface area contributed by atoms with Crippen molar-refractivity contribution >= 4 is 11.8 Å². The van der Waals surface area contributed by atoms with E-state index in [4.69, 9.17) is 0 Å². The Morgan fingerprint density at radius 2 is 1.67 bits per heavy atom. The molecule has 0 aliphatic carbocycles. The van der Waals surface area contributed by atoms with E-state index in [0.717, 1.165) is 25.6 Å². The van der Waals surface area contributed by atoms with Crippen LogP contribution < -0.4 is 10.6 Å². The zero-order valence-electron chi connectivity index (χ0n) is 10.1. The molecule has 0 spiro atoms. The van der Waals surface area contributed by atoms with Gasteiger partial charge in [-0.3, -0.25) is 0 Å². The van der Waals surface area contributed by atoms with Crippen LogP contribution in [0.25, 0.3) is 0 Å². The molecule has 1 saturated heterocycles. The summed E-state index contributed by atoms with van der Waals surface area (Å²) in [6.45, 7) is 6.82. The lowest BCUT2D eigenvalue weighted by molar-refractivity contribution is 0.436. The first kappa shape index (κ1) is 13.3. The van der Waals surface area contributed by atoms with Gasteiger partial charge in [-0.2, -0.15) is 11.8 Å². The van der Waals surface area contributed by atoms with Crippen molar-refractivity contribution in [1.82, 2.24) is 10.6 Å². The van der Waals surface area contributed by atoms with Crippen LogP contribution in [0.3, 0.4) is 0 Å². The molecule has 1 aliphatic heterocycles. The molecule has 0 aromatic heterocycles. The summed E-state index contributed by atoms with van der Waals surface area (Å²) in [5, 5.41) is 6.93. The van der Waals surface area contributed by atoms with Gasteiger partial charge < -0.3 is 10.6 Å². The zero-order chi connectivity index (χ0) is 10.8. The topological polar surface area (TPSA) is 24.1 Å². The van der Waals surface area contributed by atoms with Gasteiger partial charge in [0, 0.05) is 13.1 Å². The van der Waals surface area contributed by atoms with Gasteiger partial charge in [-0.1, -0.05) is 6.92 Å². The lowest BCUT2D eigenvalue weighted by Gasteiger charge is -2.21. The molecule has 1 heterocycles. The Bertz CT molecular complexity index is 136. The largest absolute Gasteiger partial charge is 0.315 e. The molecule has 2 nitrogen and oxygen atoms in total. The van der Waals surface area contributed by atoms with Crippen LogP contribution >= 0.6 is 11.8 Å². The molecule has 15 heavy (non-hydrogen) atoms. The van der Waals surface area contributed by atoms with E-state index in [0.29, 0.717) is 0 Å². The summed E-state index contributed by atoms with van der Waals surface area (Å²) in [6, 6.07) is 0. The summed E-state index contributed by atoms with van der Waals surface area (Å²) in [5.41, 5.74) is 0. The van der Waals surface area contributed by atoms with E-state index in [1.807, 2.05) is 0 Å². The molecule has 0 aromatic carbocycles. The fourth-order valence-corrected chi connectivity index (χ4v) is 3.15. The predicted octanol–water partition coefficient (Wildman–Crippen LogP) is 2.11. The summed E-state index contributed by atoms with van der Waals surface area (Å²) >= 11 is 2.12. The highest BCUT2D eigenvalue weighted by atomic mass is 32.2. The Morgan fingerprint density at radius 1 is 1.00 bits per heavy atom. The Morgan fingerprint density at radius 3 is 2.33 bits per heavy atom. The summed E-state index contributed by atoms with van der Waals surface area (Å²) in [5.74, 6) is 3.79. The van der Waals surface area contributed by atoms with Crippen molar-refractivity contribution in [2.45, 2.75) is 32.6 Å². The van der Waals surface area contributed by atoms with Crippen molar-refractivity contribution in [3.05, 3.63) is 0 Å². The lowest BCUT2D eigenvalue weighted by atomic mass is 9.99. The van der Waals surface area contributed by atoms with Crippen LogP contribution in [0, 0.1) is 5.92 Å². The summed E-state index contributed by atoms with van der Waals surface area (Å²) < 4.78 is 0. The average molecular weight is 230 g/mol. The van der Waals surface area contributed by atoms with Gasteiger partial charge in [0.15, 0.2) is 0 Å². The average Bonchev–Trinajstić information content (AvgIpc) is 2.29. The highest BCUT2D eigenvalue weighted by molar-refractivity contribution is 7.99. The van der Waals surface area contributed by atoms with Crippen molar-refractivity contribution in [1.29, 1.82) is 0 Å². The molecule has 1 aliphatic rings. The van der Waals surface area contributed by atoms with E-state index in [2.05, 4.69) is 29.3 Å². The normalized spacial score (nSPS) is 18.2. The van der Waals surface area contributed by atoms with Crippen LogP contribution in [-0.2, 0) is 0 Å². The van der Waals surface area contributed by atoms with Gasteiger partial charge in [-0.25, -0.2) is 0 Å². The van der Waals surface area contributed by atoms with Crippen molar-refractivity contribution < 1.29 is 0 Å². The molecule has 2 N–H and O–H groups in total. The quantitative estimate of drug-likeness (QED) is 0.625. The van der Waals surface area contributed by atoms with Crippen molar-refractivity contribution in [3.8, 4) is 0 Å². The van der Waals surface area contributed by atoms with Crippen molar-refractivity contribution in [3.63, 3.8) is 0 Å². The molecule has 0 bridgehead atoms. The second-order valence-electron chi connectivity index (χ2n) is 4.34. The number of hydrogen-bond donors (Lipinski definition) is 2.